The van der Waals surface area contributed by atoms with E-state index in [0.717, 1.165) is 5.56 Å². The molecule has 18 heavy (non-hydrogen) atoms. The maximum Gasteiger partial charge on any atom is 0.474 e. The van der Waals surface area contributed by atoms with Crippen LogP contribution in [0.3, 0.4) is 0 Å². The van der Waals surface area contributed by atoms with E-state index in [1.807, 2.05) is 30.3 Å². The van der Waals surface area contributed by atoms with E-state index in [1.54, 1.807) is 13.8 Å². The molecule has 1 atom stereocenters. The molecule has 102 valence electrons. The maximum absolute atomic E-state index is 12.1. The van der Waals surface area contributed by atoms with Gasteiger partial charge in [-0.05, 0) is 19.4 Å². The van der Waals surface area contributed by atoms with Crippen LogP contribution in [0.1, 0.15) is 24.2 Å². The van der Waals surface area contributed by atoms with Crippen LogP contribution < -0.4 is 0 Å². The third kappa shape index (κ3) is 5.21. The molecule has 0 fully saturated rings. The SMILES string of the molecule is CCOP(=O)(OCC)OCC(Br)c1ccccc1. The second-order valence-electron chi connectivity index (χ2n) is 3.46. The number of hydrogen-bond acceptors (Lipinski definition) is 4. The average Bonchev–Trinajstić information content (AvgIpc) is 2.38. The largest absolute Gasteiger partial charge is 0.474 e. The predicted octanol–water partition coefficient (Wildman–Crippen LogP) is 4.32. The van der Waals surface area contributed by atoms with Gasteiger partial charge in [0, 0.05) is 0 Å². The summed E-state index contributed by atoms with van der Waals surface area (Å²) in [5, 5.41) is 0. The summed E-state index contributed by atoms with van der Waals surface area (Å²) in [7, 11) is -3.42. The third-order valence-electron chi connectivity index (χ3n) is 2.11. The minimum atomic E-state index is -3.42. The van der Waals surface area contributed by atoms with Gasteiger partial charge in [-0.2, -0.15) is 0 Å². The van der Waals surface area contributed by atoms with E-state index >= 15 is 0 Å². The van der Waals surface area contributed by atoms with Gasteiger partial charge in [0.1, 0.15) is 0 Å². The summed E-state index contributed by atoms with van der Waals surface area (Å²) in [5.41, 5.74) is 1.05. The fraction of sp³-hybridized carbons (Fsp3) is 0.500. The molecule has 0 saturated carbocycles. The second-order valence-corrected chi connectivity index (χ2v) is 6.23. The molecule has 0 bridgehead atoms. The fourth-order valence-electron chi connectivity index (χ4n) is 1.34. The Morgan fingerprint density at radius 3 is 2.17 bits per heavy atom. The molecule has 0 N–H and O–H groups in total. The van der Waals surface area contributed by atoms with E-state index in [-0.39, 0.29) is 24.6 Å². The van der Waals surface area contributed by atoms with Crippen molar-refractivity contribution in [1.29, 1.82) is 0 Å². The Morgan fingerprint density at radius 1 is 1.11 bits per heavy atom. The zero-order valence-electron chi connectivity index (χ0n) is 10.5. The van der Waals surface area contributed by atoms with Crippen LogP contribution in [-0.4, -0.2) is 19.8 Å². The summed E-state index contributed by atoms with van der Waals surface area (Å²) in [6.45, 7) is 4.29. The fourth-order valence-corrected chi connectivity index (χ4v) is 3.17. The van der Waals surface area contributed by atoms with E-state index in [2.05, 4.69) is 15.9 Å². The van der Waals surface area contributed by atoms with Gasteiger partial charge >= 0.3 is 7.82 Å². The lowest BCUT2D eigenvalue weighted by Gasteiger charge is -2.18. The van der Waals surface area contributed by atoms with Crippen molar-refractivity contribution in [3.05, 3.63) is 35.9 Å². The zero-order valence-corrected chi connectivity index (χ0v) is 13.0. The van der Waals surface area contributed by atoms with E-state index in [4.69, 9.17) is 13.6 Å². The first kappa shape index (κ1) is 15.9. The van der Waals surface area contributed by atoms with Gasteiger partial charge in [-0.1, -0.05) is 46.3 Å². The van der Waals surface area contributed by atoms with Crippen molar-refractivity contribution >= 4 is 23.8 Å². The number of phosphoric ester groups is 1. The molecule has 4 nitrogen and oxygen atoms in total. The van der Waals surface area contributed by atoms with Crippen molar-refractivity contribution < 1.29 is 18.1 Å². The Bertz CT molecular complexity index is 375. The van der Waals surface area contributed by atoms with Crippen molar-refractivity contribution in [2.24, 2.45) is 0 Å². The molecule has 0 aliphatic rings. The lowest BCUT2D eigenvalue weighted by molar-refractivity contribution is 0.122. The molecule has 1 rings (SSSR count). The first-order valence-electron chi connectivity index (χ1n) is 5.84. The first-order valence-corrected chi connectivity index (χ1v) is 8.21. The molecule has 6 heteroatoms. The van der Waals surface area contributed by atoms with Crippen LogP contribution in [0.2, 0.25) is 0 Å². The number of rotatable bonds is 8. The van der Waals surface area contributed by atoms with Gasteiger partial charge in [0.15, 0.2) is 0 Å². The molecule has 1 unspecified atom stereocenters. The molecular formula is C12H18BrO4P. The van der Waals surface area contributed by atoms with Crippen LogP contribution in [0.15, 0.2) is 30.3 Å². The number of hydrogen-bond donors (Lipinski definition) is 0. The Balaban J connectivity index is 2.55. The number of benzene rings is 1. The average molecular weight is 337 g/mol. The summed E-state index contributed by atoms with van der Waals surface area (Å²) in [6, 6.07) is 9.75. The van der Waals surface area contributed by atoms with Crippen molar-refractivity contribution in [1.82, 2.24) is 0 Å². The number of halogens is 1. The van der Waals surface area contributed by atoms with Gasteiger partial charge in [0.25, 0.3) is 0 Å². The normalized spacial score (nSPS) is 13.5. The van der Waals surface area contributed by atoms with Crippen LogP contribution in [0.4, 0.5) is 0 Å². The molecule has 1 aromatic rings. The van der Waals surface area contributed by atoms with Crippen molar-refractivity contribution in [3.8, 4) is 0 Å². The monoisotopic (exact) mass is 336 g/mol. The van der Waals surface area contributed by atoms with Crippen LogP contribution in [0, 0.1) is 0 Å². The Morgan fingerprint density at radius 2 is 1.67 bits per heavy atom. The molecule has 0 radical (unpaired) electrons. The molecule has 0 saturated heterocycles. The molecule has 0 heterocycles. The first-order chi connectivity index (χ1) is 8.61. The predicted molar refractivity (Wildman–Crippen MR) is 74.9 cm³/mol. The molecule has 0 amide bonds. The highest BCUT2D eigenvalue weighted by Crippen LogP contribution is 2.50. The van der Waals surface area contributed by atoms with Crippen LogP contribution in [-0.2, 0) is 18.1 Å². The van der Waals surface area contributed by atoms with Gasteiger partial charge in [0.05, 0.1) is 24.6 Å². The zero-order chi connectivity index (χ0) is 13.4. The van der Waals surface area contributed by atoms with E-state index in [0.29, 0.717) is 0 Å². The maximum atomic E-state index is 12.1. The molecular weight excluding hydrogens is 319 g/mol. The van der Waals surface area contributed by atoms with Crippen molar-refractivity contribution in [3.63, 3.8) is 0 Å². The Labute approximate surface area is 116 Å². The summed E-state index contributed by atoms with van der Waals surface area (Å²) in [4.78, 5) is -0.0482. The van der Waals surface area contributed by atoms with Gasteiger partial charge in [0.2, 0.25) is 0 Å². The molecule has 0 aliphatic carbocycles. The summed E-state index contributed by atoms with van der Waals surface area (Å²) < 4.78 is 27.4. The van der Waals surface area contributed by atoms with Crippen LogP contribution >= 0.6 is 23.8 Å². The van der Waals surface area contributed by atoms with Crippen molar-refractivity contribution in [2.75, 3.05) is 19.8 Å². The minimum Gasteiger partial charge on any atom is -0.287 e. The lowest BCUT2D eigenvalue weighted by Crippen LogP contribution is -2.05. The highest BCUT2D eigenvalue weighted by Gasteiger charge is 2.26. The summed E-state index contributed by atoms with van der Waals surface area (Å²) in [6.07, 6.45) is 0. The minimum absolute atomic E-state index is 0.0482. The van der Waals surface area contributed by atoms with E-state index in [9.17, 15) is 4.57 Å². The molecule has 0 aliphatic heterocycles. The quantitative estimate of drug-likeness (QED) is 0.523. The topological polar surface area (TPSA) is 44.8 Å². The smallest absolute Gasteiger partial charge is 0.287 e. The second kappa shape index (κ2) is 8.08. The number of alkyl halides is 1. The van der Waals surface area contributed by atoms with Crippen LogP contribution in [0.25, 0.3) is 0 Å². The molecule has 0 spiro atoms. The van der Waals surface area contributed by atoms with Gasteiger partial charge in [-0.25, -0.2) is 4.57 Å². The van der Waals surface area contributed by atoms with Crippen LogP contribution in [0.5, 0.6) is 0 Å². The highest BCUT2D eigenvalue weighted by atomic mass is 79.9. The summed E-state index contributed by atoms with van der Waals surface area (Å²) >= 11 is 3.48. The standard InChI is InChI=1S/C12H18BrO4P/c1-3-15-18(14,16-4-2)17-10-12(13)11-8-6-5-7-9-11/h5-9,12H,3-4,10H2,1-2H3. The van der Waals surface area contributed by atoms with Gasteiger partial charge < -0.3 is 0 Å². The van der Waals surface area contributed by atoms with E-state index < -0.39 is 7.82 Å². The van der Waals surface area contributed by atoms with Crippen molar-refractivity contribution in [2.45, 2.75) is 18.7 Å². The highest BCUT2D eigenvalue weighted by molar-refractivity contribution is 9.09. The lowest BCUT2D eigenvalue weighted by atomic mass is 10.2. The number of phosphoric acid groups is 1. The Hall–Kier alpha value is -0.190. The van der Waals surface area contributed by atoms with Gasteiger partial charge in [-0.15, -0.1) is 0 Å². The molecule has 0 aromatic heterocycles. The third-order valence-corrected chi connectivity index (χ3v) is 4.52. The summed E-state index contributed by atoms with van der Waals surface area (Å²) in [5.74, 6) is 0. The van der Waals surface area contributed by atoms with Gasteiger partial charge in [-0.3, -0.25) is 13.6 Å². The van der Waals surface area contributed by atoms with E-state index in [1.165, 1.54) is 0 Å². The Kier molecular flexibility index (Phi) is 7.12. The molecule has 1 aromatic carbocycles.